The average Bonchev–Trinajstić information content (AvgIpc) is 3.34. The number of amides is 2. The third-order valence-electron chi connectivity index (χ3n) is 6.96. The maximum atomic E-state index is 13.4. The molecule has 0 unspecified atom stereocenters. The summed E-state index contributed by atoms with van der Waals surface area (Å²) in [6, 6.07) is 12.5. The van der Waals surface area contributed by atoms with Crippen molar-refractivity contribution >= 4 is 11.8 Å². The fraction of sp³-hybridized carbons (Fsp3) is 0.500. The molecule has 31 heavy (non-hydrogen) atoms. The fourth-order valence-corrected chi connectivity index (χ4v) is 5.37. The van der Waals surface area contributed by atoms with Crippen LogP contribution in [0.15, 0.2) is 48.8 Å². The predicted octanol–water partition coefficient (Wildman–Crippen LogP) is 4.18. The molecule has 5 nitrogen and oxygen atoms in total. The number of carbonyl (C=O) groups is 2. The van der Waals surface area contributed by atoms with Gasteiger partial charge >= 0.3 is 0 Å². The largest absolute Gasteiger partial charge is 0.348 e. The van der Waals surface area contributed by atoms with Gasteiger partial charge in [0.15, 0.2) is 0 Å². The van der Waals surface area contributed by atoms with E-state index in [4.69, 9.17) is 0 Å². The number of likely N-dealkylation sites (tertiary alicyclic amines) is 1. The van der Waals surface area contributed by atoms with E-state index in [0.29, 0.717) is 13.0 Å². The van der Waals surface area contributed by atoms with Crippen LogP contribution in [0.3, 0.4) is 0 Å². The van der Waals surface area contributed by atoms with Gasteiger partial charge < -0.3 is 9.80 Å². The monoisotopic (exact) mass is 419 g/mol. The highest BCUT2D eigenvalue weighted by Gasteiger charge is 2.45. The van der Waals surface area contributed by atoms with Crippen LogP contribution in [-0.2, 0) is 16.0 Å². The molecule has 1 aliphatic carbocycles. The Morgan fingerprint density at radius 3 is 2.29 bits per heavy atom. The molecule has 4 rings (SSSR count). The molecule has 0 N–H and O–H groups in total. The van der Waals surface area contributed by atoms with Gasteiger partial charge in [0.2, 0.25) is 11.8 Å². The lowest BCUT2D eigenvalue weighted by molar-refractivity contribution is -0.148. The van der Waals surface area contributed by atoms with Crippen LogP contribution in [0.1, 0.15) is 44.1 Å². The summed E-state index contributed by atoms with van der Waals surface area (Å²) in [6.45, 7) is 1.31. The minimum Gasteiger partial charge on any atom is -0.348 e. The molecular weight excluding hydrogens is 386 g/mol. The van der Waals surface area contributed by atoms with Crippen molar-refractivity contribution < 1.29 is 9.59 Å². The molecule has 5 heteroatoms. The Labute approximate surface area is 185 Å². The molecule has 1 saturated heterocycles. The van der Waals surface area contributed by atoms with Crippen molar-refractivity contribution in [2.75, 3.05) is 27.2 Å². The Morgan fingerprint density at radius 1 is 1.00 bits per heavy atom. The maximum absolute atomic E-state index is 13.4. The van der Waals surface area contributed by atoms with E-state index >= 15 is 0 Å². The van der Waals surface area contributed by atoms with E-state index in [1.54, 1.807) is 17.3 Å². The van der Waals surface area contributed by atoms with Gasteiger partial charge in [-0.1, -0.05) is 37.1 Å². The third-order valence-corrected chi connectivity index (χ3v) is 6.96. The van der Waals surface area contributed by atoms with Crippen LogP contribution in [-0.4, -0.2) is 53.8 Å². The Hall–Kier alpha value is -2.69. The Kier molecular flexibility index (Phi) is 6.40. The fourth-order valence-electron chi connectivity index (χ4n) is 5.37. The van der Waals surface area contributed by atoms with Crippen molar-refractivity contribution in [1.82, 2.24) is 14.8 Å². The van der Waals surface area contributed by atoms with Crippen LogP contribution in [0.2, 0.25) is 0 Å². The second-order valence-corrected chi connectivity index (χ2v) is 9.43. The van der Waals surface area contributed by atoms with E-state index in [9.17, 15) is 9.59 Å². The number of aromatic nitrogens is 1. The summed E-state index contributed by atoms with van der Waals surface area (Å²) in [5.74, 6) is 0.556. The molecule has 1 aromatic carbocycles. The van der Waals surface area contributed by atoms with E-state index in [1.807, 2.05) is 31.1 Å². The lowest BCUT2D eigenvalue weighted by Gasteiger charge is -2.43. The van der Waals surface area contributed by atoms with Gasteiger partial charge in [0.05, 0.1) is 5.41 Å². The number of hydrogen-bond donors (Lipinski definition) is 0. The van der Waals surface area contributed by atoms with E-state index in [0.717, 1.165) is 61.8 Å². The molecular formula is C26H33N3O2. The summed E-state index contributed by atoms with van der Waals surface area (Å²) >= 11 is 0. The Balaban J connectivity index is 1.56. The number of rotatable bonds is 5. The van der Waals surface area contributed by atoms with Crippen LogP contribution in [0, 0.1) is 11.3 Å². The highest BCUT2D eigenvalue weighted by molar-refractivity contribution is 5.85. The summed E-state index contributed by atoms with van der Waals surface area (Å²) in [6.07, 6.45) is 10.3. The molecule has 1 atom stereocenters. The van der Waals surface area contributed by atoms with E-state index < -0.39 is 5.41 Å². The number of piperidine rings is 1. The summed E-state index contributed by atoms with van der Waals surface area (Å²) < 4.78 is 0. The molecule has 1 saturated carbocycles. The Bertz CT molecular complexity index is 904. The average molecular weight is 420 g/mol. The van der Waals surface area contributed by atoms with Gasteiger partial charge in [0.25, 0.3) is 0 Å². The first-order valence-electron chi connectivity index (χ1n) is 11.5. The molecule has 2 aromatic rings. The normalized spacial score (nSPS) is 21.8. The van der Waals surface area contributed by atoms with Gasteiger partial charge in [-0.05, 0) is 60.9 Å². The summed E-state index contributed by atoms with van der Waals surface area (Å²) in [5.41, 5.74) is 2.87. The van der Waals surface area contributed by atoms with Gasteiger partial charge in [-0.15, -0.1) is 0 Å². The van der Waals surface area contributed by atoms with Gasteiger partial charge in [0, 0.05) is 45.5 Å². The van der Waals surface area contributed by atoms with E-state index in [1.165, 1.54) is 0 Å². The van der Waals surface area contributed by atoms with Crippen molar-refractivity contribution in [1.29, 1.82) is 0 Å². The third kappa shape index (κ3) is 4.65. The first-order chi connectivity index (χ1) is 15.0. The lowest BCUT2D eigenvalue weighted by Crippen LogP contribution is -2.55. The van der Waals surface area contributed by atoms with Gasteiger partial charge in [0.1, 0.15) is 0 Å². The first-order valence-corrected chi connectivity index (χ1v) is 11.5. The highest BCUT2D eigenvalue weighted by Crippen LogP contribution is 2.37. The highest BCUT2D eigenvalue weighted by atomic mass is 16.2. The van der Waals surface area contributed by atoms with Crippen LogP contribution >= 0.6 is 0 Å². The van der Waals surface area contributed by atoms with Crippen LogP contribution in [0.4, 0.5) is 0 Å². The zero-order valence-electron chi connectivity index (χ0n) is 18.7. The zero-order chi connectivity index (χ0) is 21.8. The second kappa shape index (κ2) is 9.21. The van der Waals surface area contributed by atoms with E-state index in [2.05, 4.69) is 29.2 Å². The Morgan fingerprint density at radius 2 is 1.65 bits per heavy atom. The molecule has 1 aromatic heterocycles. The summed E-state index contributed by atoms with van der Waals surface area (Å²) in [5, 5.41) is 0. The number of carbonyl (C=O) groups excluding carboxylic acids is 2. The van der Waals surface area contributed by atoms with Gasteiger partial charge in [-0.2, -0.15) is 0 Å². The number of benzene rings is 1. The SMILES string of the molecule is CN(C)C(=O)[C@]1(Cc2ccc(-c3ccncc3)cc2)CCCN(C(=O)C2CCCC2)C1. The van der Waals surface area contributed by atoms with Crippen molar-refractivity contribution in [3.63, 3.8) is 0 Å². The zero-order valence-corrected chi connectivity index (χ0v) is 18.7. The molecule has 2 fully saturated rings. The quantitative estimate of drug-likeness (QED) is 0.731. The summed E-state index contributed by atoms with van der Waals surface area (Å²) in [4.78, 5) is 34.3. The molecule has 2 heterocycles. The van der Waals surface area contributed by atoms with Crippen LogP contribution in [0.5, 0.6) is 0 Å². The van der Waals surface area contributed by atoms with Crippen molar-refractivity contribution in [3.05, 3.63) is 54.4 Å². The minimum absolute atomic E-state index is 0.134. The number of pyridine rings is 1. The van der Waals surface area contributed by atoms with E-state index in [-0.39, 0.29) is 17.7 Å². The standard InChI is InChI=1S/C26H33N3O2/c1-28(2)25(31)26(14-5-17-29(19-26)24(30)23-6-3-4-7-23)18-20-8-10-21(11-9-20)22-12-15-27-16-13-22/h8-13,15-16,23H,3-7,14,17-19H2,1-2H3/t26-/m0/s1. The molecule has 0 spiro atoms. The second-order valence-electron chi connectivity index (χ2n) is 9.43. The number of hydrogen-bond acceptors (Lipinski definition) is 3. The molecule has 0 bridgehead atoms. The topological polar surface area (TPSA) is 53.5 Å². The molecule has 2 aliphatic rings. The first kappa shape index (κ1) is 21.5. The van der Waals surface area contributed by atoms with Gasteiger partial charge in [-0.25, -0.2) is 0 Å². The van der Waals surface area contributed by atoms with Gasteiger partial charge in [-0.3, -0.25) is 14.6 Å². The molecule has 164 valence electrons. The summed E-state index contributed by atoms with van der Waals surface area (Å²) in [7, 11) is 3.66. The predicted molar refractivity (Wildman–Crippen MR) is 122 cm³/mol. The maximum Gasteiger partial charge on any atom is 0.230 e. The lowest BCUT2D eigenvalue weighted by atomic mass is 9.73. The van der Waals surface area contributed by atoms with Crippen LogP contribution in [0.25, 0.3) is 11.1 Å². The molecule has 0 radical (unpaired) electrons. The van der Waals surface area contributed by atoms with Crippen molar-refractivity contribution in [2.24, 2.45) is 11.3 Å². The smallest absolute Gasteiger partial charge is 0.230 e. The van der Waals surface area contributed by atoms with Crippen LogP contribution < -0.4 is 0 Å². The van der Waals surface area contributed by atoms with Crippen molar-refractivity contribution in [3.8, 4) is 11.1 Å². The molecule has 2 amide bonds. The number of nitrogens with zero attached hydrogens (tertiary/aromatic N) is 3. The minimum atomic E-state index is -0.547. The van der Waals surface area contributed by atoms with Crippen molar-refractivity contribution in [2.45, 2.75) is 44.9 Å². The molecule has 1 aliphatic heterocycles.